The van der Waals surface area contributed by atoms with Crippen molar-refractivity contribution in [1.29, 1.82) is 0 Å². The first-order valence-electron chi connectivity index (χ1n) is 8.24. The monoisotopic (exact) mass is 356 g/mol. The lowest BCUT2D eigenvalue weighted by Gasteiger charge is -2.32. The summed E-state index contributed by atoms with van der Waals surface area (Å²) in [4.78, 5) is 30.4. The van der Waals surface area contributed by atoms with Gasteiger partial charge >= 0.3 is 0 Å². The summed E-state index contributed by atoms with van der Waals surface area (Å²) in [6.45, 7) is 3.94. The third-order valence-electron chi connectivity index (χ3n) is 3.91. The van der Waals surface area contributed by atoms with E-state index in [1.54, 1.807) is 43.3 Å². The third-order valence-corrected chi connectivity index (χ3v) is 3.91. The van der Waals surface area contributed by atoms with E-state index in [1.165, 1.54) is 4.90 Å². The second kappa shape index (κ2) is 7.30. The summed E-state index contributed by atoms with van der Waals surface area (Å²) >= 11 is 0. The van der Waals surface area contributed by atoms with Crippen LogP contribution in [0.2, 0.25) is 0 Å². The van der Waals surface area contributed by atoms with Gasteiger partial charge in [-0.2, -0.15) is 0 Å². The molecule has 0 fully saturated rings. The number of ether oxygens (including phenoxy) is 2. The zero-order chi connectivity index (χ0) is 18.7. The molecule has 26 heavy (non-hydrogen) atoms. The van der Waals surface area contributed by atoms with Crippen molar-refractivity contribution in [2.45, 2.75) is 19.9 Å². The molecule has 1 unspecified atom stereocenters. The molecule has 136 valence electrons. The number of amides is 2. The standard InChI is InChI=1S/C18H20N4O4/c1-3-25-13-6-4-12(5-7-13)20-18(24)11(2)22-16(23)10-26-14-8-9-15(19)21-17(14)22/h4-9,11H,3,10H2,1-2H3,(H2,19,21)(H,20,24). The van der Waals surface area contributed by atoms with Crippen molar-refractivity contribution in [3.8, 4) is 11.5 Å². The summed E-state index contributed by atoms with van der Waals surface area (Å²) in [7, 11) is 0. The number of nitrogen functional groups attached to an aromatic ring is 1. The van der Waals surface area contributed by atoms with Crippen LogP contribution in [0.25, 0.3) is 0 Å². The van der Waals surface area contributed by atoms with E-state index in [4.69, 9.17) is 15.2 Å². The van der Waals surface area contributed by atoms with E-state index in [2.05, 4.69) is 10.3 Å². The Morgan fingerprint density at radius 2 is 2.08 bits per heavy atom. The van der Waals surface area contributed by atoms with Crippen LogP contribution in [0.15, 0.2) is 36.4 Å². The number of carbonyl (C=O) groups excluding carboxylic acids is 2. The van der Waals surface area contributed by atoms with Gasteiger partial charge in [0.05, 0.1) is 6.61 Å². The van der Waals surface area contributed by atoms with Crippen molar-refractivity contribution < 1.29 is 19.1 Å². The van der Waals surface area contributed by atoms with E-state index in [9.17, 15) is 9.59 Å². The fourth-order valence-electron chi connectivity index (χ4n) is 2.63. The van der Waals surface area contributed by atoms with Gasteiger partial charge in [-0.15, -0.1) is 0 Å². The average molecular weight is 356 g/mol. The van der Waals surface area contributed by atoms with Gasteiger partial charge < -0.3 is 20.5 Å². The maximum absolute atomic E-state index is 12.6. The Balaban J connectivity index is 1.78. The Labute approximate surface area is 150 Å². The number of hydrogen-bond donors (Lipinski definition) is 2. The predicted molar refractivity (Wildman–Crippen MR) is 97.3 cm³/mol. The van der Waals surface area contributed by atoms with E-state index in [0.29, 0.717) is 18.0 Å². The molecule has 8 heteroatoms. The van der Waals surface area contributed by atoms with Gasteiger partial charge in [0.25, 0.3) is 5.91 Å². The van der Waals surface area contributed by atoms with E-state index < -0.39 is 6.04 Å². The molecule has 2 amide bonds. The number of aromatic nitrogens is 1. The maximum atomic E-state index is 12.6. The smallest absolute Gasteiger partial charge is 0.266 e. The highest BCUT2D eigenvalue weighted by atomic mass is 16.5. The number of benzene rings is 1. The first-order chi connectivity index (χ1) is 12.5. The molecular formula is C18H20N4O4. The highest BCUT2D eigenvalue weighted by Crippen LogP contribution is 2.32. The van der Waals surface area contributed by atoms with E-state index >= 15 is 0 Å². The number of nitrogens with zero attached hydrogens (tertiary/aromatic N) is 2. The molecule has 3 N–H and O–H groups in total. The SMILES string of the molecule is CCOc1ccc(NC(=O)C(C)N2C(=O)COc3ccc(N)nc32)cc1. The molecular weight excluding hydrogens is 336 g/mol. The molecule has 8 nitrogen and oxygen atoms in total. The number of nitrogens with two attached hydrogens (primary N) is 1. The largest absolute Gasteiger partial charge is 0.494 e. The van der Waals surface area contributed by atoms with Crippen LogP contribution in [-0.2, 0) is 9.59 Å². The van der Waals surface area contributed by atoms with Crippen molar-refractivity contribution in [1.82, 2.24) is 4.98 Å². The molecule has 1 aromatic heterocycles. The Kier molecular flexibility index (Phi) is 4.92. The highest BCUT2D eigenvalue weighted by molar-refractivity contribution is 6.06. The van der Waals surface area contributed by atoms with Crippen molar-refractivity contribution in [2.24, 2.45) is 0 Å². The molecule has 0 spiro atoms. The van der Waals surface area contributed by atoms with Crippen LogP contribution in [-0.4, -0.2) is 36.1 Å². The van der Waals surface area contributed by atoms with Gasteiger partial charge in [0.1, 0.15) is 17.6 Å². The van der Waals surface area contributed by atoms with Gasteiger partial charge in [0, 0.05) is 5.69 Å². The summed E-state index contributed by atoms with van der Waals surface area (Å²) in [5, 5.41) is 2.79. The lowest BCUT2D eigenvalue weighted by atomic mass is 10.2. The lowest BCUT2D eigenvalue weighted by Crippen LogP contribution is -2.50. The Hall–Kier alpha value is -3.29. The van der Waals surface area contributed by atoms with Gasteiger partial charge in [0.2, 0.25) is 5.91 Å². The van der Waals surface area contributed by atoms with Gasteiger partial charge in [-0.05, 0) is 50.2 Å². The van der Waals surface area contributed by atoms with Crippen molar-refractivity contribution >= 4 is 29.1 Å². The number of nitrogens with one attached hydrogen (secondary N) is 1. The molecule has 1 aromatic carbocycles. The molecule has 0 radical (unpaired) electrons. The fraction of sp³-hybridized carbons (Fsp3) is 0.278. The van der Waals surface area contributed by atoms with Crippen LogP contribution in [0.3, 0.4) is 0 Å². The summed E-state index contributed by atoms with van der Waals surface area (Å²) in [6, 6.07) is 9.43. The van der Waals surface area contributed by atoms with Gasteiger partial charge in [-0.25, -0.2) is 4.98 Å². The minimum Gasteiger partial charge on any atom is -0.494 e. The molecule has 0 aliphatic carbocycles. The van der Waals surface area contributed by atoms with Crippen molar-refractivity contribution in [3.63, 3.8) is 0 Å². The van der Waals surface area contributed by atoms with Crippen LogP contribution >= 0.6 is 0 Å². The molecule has 1 atom stereocenters. The summed E-state index contributed by atoms with van der Waals surface area (Å²) in [6.07, 6.45) is 0. The number of fused-ring (bicyclic) bond motifs is 1. The van der Waals surface area contributed by atoms with Crippen LogP contribution in [0, 0.1) is 0 Å². The second-order valence-corrected chi connectivity index (χ2v) is 5.73. The highest BCUT2D eigenvalue weighted by Gasteiger charge is 2.34. The molecule has 0 saturated heterocycles. The molecule has 1 aliphatic rings. The zero-order valence-electron chi connectivity index (χ0n) is 14.6. The second-order valence-electron chi connectivity index (χ2n) is 5.73. The van der Waals surface area contributed by atoms with Crippen LogP contribution in [0.1, 0.15) is 13.8 Å². The first kappa shape index (κ1) is 17.5. The number of pyridine rings is 1. The number of anilines is 3. The topological polar surface area (TPSA) is 107 Å². The number of carbonyl (C=O) groups is 2. The van der Waals surface area contributed by atoms with Gasteiger partial charge in [-0.3, -0.25) is 14.5 Å². The fourth-order valence-corrected chi connectivity index (χ4v) is 2.63. The molecule has 3 rings (SSSR count). The summed E-state index contributed by atoms with van der Waals surface area (Å²) < 4.78 is 10.7. The van der Waals surface area contributed by atoms with Gasteiger partial charge in [0.15, 0.2) is 18.2 Å². The summed E-state index contributed by atoms with van der Waals surface area (Å²) in [5.74, 6) is 0.918. The quantitative estimate of drug-likeness (QED) is 0.846. The first-order valence-corrected chi connectivity index (χ1v) is 8.24. The minimum atomic E-state index is -0.786. The Morgan fingerprint density at radius 1 is 1.35 bits per heavy atom. The molecule has 0 saturated carbocycles. The lowest BCUT2D eigenvalue weighted by molar-refractivity contribution is -0.125. The van der Waals surface area contributed by atoms with E-state index in [-0.39, 0.29) is 30.1 Å². The molecule has 0 bridgehead atoms. The third kappa shape index (κ3) is 3.53. The van der Waals surface area contributed by atoms with E-state index in [1.807, 2.05) is 6.92 Å². The zero-order valence-corrected chi connectivity index (χ0v) is 14.6. The van der Waals surface area contributed by atoms with Crippen molar-refractivity contribution in [2.75, 3.05) is 29.2 Å². The normalized spacial score (nSPS) is 14.2. The maximum Gasteiger partial charge on any atom is 0.266 e. The Bertz CT molecular complexity index is 822. The van der Waals surface area contributed by atoms with Crippen LogP contribution in [0.5, 0.6) is 11.5 Å². The molecule has 2 heterocycles. The predicted octanol–water partition coefficient (Wildman–Crippen LogP) is 1.82. The number of hydrogen-bond acceptors (Lipinski definition) is 6. The van der Waals surface area contributed by atoms with E-state index in [0.717, 1.165) is 5.75 Å². The molecule has 2 aromatic rings. The summed E-state index contributed by atoms with van der Waals surface area (Å²) in [5.41, 5.74) is 6.31. The van der Waals surface area contributed by atoms with Crippen LogP contribution < -0.4 is 25.4 Å². The number of rotatable bonds is 5. The molecule has 1 aliphatic heterocycles. The average Bonchev–Trinajstić information content (AvgIpc) is 2.63. The van der Waals surface area contributed by atoms with Gasteiger partial charge in [-0.1, -0.05) is 0 Å². The minimum absolute atomic E-state index is 0.154. The van der Waals surface area contributed by atoms with Crippen molar-refractivity contribution in [3.05, 3.63) is 36.4 Å². The Morgan fingerprint density at radius 3 is 2.77 bits per heavy atom. The van der Waals surface area contributed by atoms with Crippen LogP contribution in [0.4, 0.5) is 17.3 Å².